The molecule has 0 saturated heterocycles. The van der Waals surface area contributed by atoms with E-state index in [1.807, 2.05) is 6.07 Å². The molecule has 0 fully saturated rings. The monoisotopic (exact) mass is 211 g/mol. The number of aromatic nitrogens is 1. The van der Waals surface area contributed by atoms with Gasteiger partial charge >= 0.3 is 0 Å². The van der Waals surface area contributed by atoms with Gasteiger partial charge in [-0.2, -0.15) is 0 Å². The van der Waals surface area contributed by atoms with Gasteiger partial charge in [0.1, 0.15) is 5.76 Å². The third-order valence-corrected chi connectivity index (χ3v) is 2.25. The van der Waals surface area contributed by atoms with Crippen LogP contribution in [0.1, 0.15) is 52.2 Å². The van der Waals surface area contributed by atoms with Crippen molar-refractivity contribution in [1.29, 1.82) is 0 Å². The summed E-state index contributed by atoms with van der Waals surface area (Å²) in [6, 6.07) is 1.88. The van der Waals surface area contributed by atoms with E-state index in [0.717, 1.165) is 24.7 Å². The summed E-state index contributed by atoms with van der Waals surface area (Å²) in [5, 5.41) is 3.86. The molecule has 0 aromatic carbocycles. The van der Waals surface area contributed by atoms with Gasteiger partial charge in [0.05, 0.1) is 6.61 Å². The van der Waals surface area contributed by atoms with Crippen LogP contribution in [0.5, 0.6) is 5.88 Å². The summed E-state index contributed by atoms with van der Waals surface area (Å²) >= 11 is 0. The Hall–Kier alpha value is -0.990. The van der Waals surface area contributed by atoms with Crippen LogP contribution >= 0.6 is 0 Å². The second-order valence-corrected chi connectivity index (χ2v) is 4.61. The minimum Gasteiger partial charge on any atom is -0.476 e. The number of hydrogen-bond acceptors (Lipinski definition) is 3. The van der Waals surface area contributed by atoms with E-state index >= 15 is 0 Å². The van der Waals surface area contributed by atoms with Crippen LogP contribution in [0.25, 0.3) is 0 Å². The molecule has 1 aromatic rings. The Balaban J connectivity index is 2.26. The normalized spacial score (nSPS) is 11.3. The van der Waals surface area contributed by atoms with Crippen LogP contribution in [-0.4, -0.2) is 11.8 Å². The second kappa shape index (κ2) is 5.79. The summed E-state index contributed by atoms with van der Waals surface area (Å²) in [6.07, 6.45) is 2.26. The molecule has 15 heavy (non-hydrogen) atoms. The summed E-state index contributed by atoms with van der Waals surface area (Å²) in [5.74, 6) is 2.60. The molecule has 0 atom stereocenters. The molecule has 0 spiro atoms. The average molecular weight is 211 g/mol. The molecule has 0 radical (unpaired) electrons. The van der Waals surface area contributed by atoms with Crippen molar-refractivity contribution in [3.8, 4) is 5.88 Å². The molecular formula is C12H21NO2. The van der Waals surface area contributed by atoms with Crippen molar-refractivity contribution < 1.29 is 9.26 Å². The lowest BCUT2D eigenvalue weighted by atomic mass is 10.1. The number of nitrogens with zero attached hydrogens (tertiary/aromatic N) is 1. The maximum absolute atomic E-state index is 5.48. The first-order valence-corrected chi connectivity index (χ1v) is 5.69. The molecule has 3 nitrogen and oxygen atoms in total. The van der Waals surface area contributed by atoms with Crippen LogP contribution in [0.3, 0.4) is 0 Å². The first kappa shape index (κ1) is 12.1. The lowest BCUT2D eigenvalue weighted by Crippen LogP contribution is -1.99. The van der Waals surface area contributed by atoms with E-state index in [9.17, 15) is 0 Å². The van der Waals surface area contributed by atoms with Gasteiger partial charge in [-0.15, -0.1) is 0 Å². The van der Waals surface area contributed by atoms with Crippen molar-refractivity contribution in [2.75, 3.05) is 6.61 Å². The maximum Gasteiger partial charge on any atom is 0.254 e. The quantitative estimate of drug-likeness (QED) is 0.674. The van der Waals surface area contributed by atoms with E-state index in [4.69, 9.17) is 9.26 Å². The maximum atomic E-state index is 5.48. The first-order chi connectivity index (χ1) is 7.09. The smallest absolute Gasteiger partial charge is 0.254 e. The summed E-state index contributed by atoms with van der Waals surface area (Å²) in [6.45, 7) is 9.30. The zero-order chi connectivity index (χ0) is 11.3. The molecule has 0 N–H and O–H groups in total. The Bertz CT molecular complexity index is 279. The van der Waals surface area contributed by atoms with E-state index in [0.29, 0.717) is 11.8 Å². The molecule has 0 aliphatic heterocycles. The van der Waals surface area contributed by atoms with Crippen molar-refractivity contribution in [1.82, 2.24) is 5.16 Å². The standard InChI is InChI=1S/C12H21NO2/c1-9(2)6-5-7-14-12-8-11(10(3)4)15-13-12/h8-10H,5-7H2,1-4H3. The lowest BCUT2D eigenvalue weighted by molar-refractivity contribution is 0.262. The Morgan fingerprint density at radius 2 is 2.07 bits per heavy atom. The fourth-order valence-electron chi connectivity index (χ4n) is 1.28. The molecule has 1 aromatic heterocycles. The highest BCUT2D eigenvalue weighted by Gasteiger charge is 2.08. The van der Waals surface area contributed by atoms with Crippen molar-refractivity contribution in [2.45, 2.75) is 46.5 Å². The molecule has 0 aliphatic carbocycles. The molecule has 0 aliphatic rings. The Labute approximate surface area is 91.8 Å². The second-order valence-electron chi connectivity index (χ2n) is 4.61. The van der Waals surface area contributed by atoms with Crippen molar-refractivity contribution in [3.63, 3.8) is 0 Å². The predicted molar refractivity (Wildman–Crippen MR) is 60.2 cm³/mol. The van der Waals surface area contributed by atoms with Gasteiger partial charge in [-0.1, -0.05) is 27.7 Å². The zero-order valence-corrected chi connectivity index (χ0v) is 10.1. The van der Waals surface area contributed by atoms with Gasteiger partial charge in [-0.3, -0.25) is 0 Å². The largest absolute Gasteiger partial charge is 0.476 e. The van der Waals surface area contributed by atoms with Gasteiger partial charge in [0.2, 0.25) is 0 Å². The SMILES string of the molecule is CC(C)CCCOc1cc(C(C)C)on1. The highest BCUT2D eigenvalue weighted by Crippen LogP contribution is 2.19. The van der Waals surface area contributed by atoms with Gasteiger partial charge < -0.3 is 9.26 Å². The minimum absolute atomic E-state index is 0.366. The van der Waals surface area contributed by atoms with E-state index < -0.39 is 0 Å². The molecule has 1 heterocycles. The molecule has 0 saturated carbocycles. The molecule has 0 amide bonds. The fraction of sp³-hybridized carbons (Fsp3) is 0.750. The molecule has 86 valence electrons. The average Bonchev–Trinajstić information content (AvgIpc) is 2.60. The topological polar surface area (TPSA) is 35.3 Å². The lowest BCUT2D eigenvalue weighted by Gasteiger charge is -2.04. The Morgan fingerprint density at radius 3 is 2.60 bits per heavy atom. The summed E-state index contributed by atoms with van der Waals surface area (Å²) in [7, 11) is 0. The highest BCUT2D eigenvalue weighted by molar-refractivity contribution is 5.13. The molecule has 1 rings (SSSR count). The first-order valence-electron chi connectivity index (χ1n) is 5.69. The summed E-state index contributed by atoms with van der Waals surface area (Å²) in [4.78, 5) is 0. The predicted octanol–water partition coefficient (Wildman–Crippen LogP) is 3.61. The summed E-state index contributed by atoms with van der Waals surface area (Å²) < 4.78 is 10.6. The Kier molecular flexibility index (Phi) is 4.66. The summed E-state index contributed by atoms with van der Waals surface area (Å²) in [5.41, 5.74) is 0. The van der Waals surface area contributed by atoms with Gasteiger partial charge in [0, 0.05) is 12.0 Å². The van der Waals surface area contributed by atoms with Crippen LogP contribution < -0.4 is 4.74 Å². The third kappa shape index (κ3) is 4.36. The molecule has 0 unspecified atom stereocenters. The van der Waals surface area contributed by atoms with E-state index in [1.54, 1.807) is 0 Å². The van der Waals surface area contributed by atoms with Crippen LogP contribution in [0.2, 0.25) is 0 Å². The number of hydrogen-bond donors (Lipinski definition) is 0. The fourth-order valence-corrected chi connectivity index (χ4v) is 1.28. The zero-order valence-electron chi connectivity index (χ0n) is 10.1. The van der Waals surface area contributed by atoms with Crippen molar-refractivity contribution in [3.05, 3.63) is 11.8 Å². The van der Waals surface area contributed by atoms with E-state index in [1.165, 1.54) is 6.42 Å². The van der Waals surface area contributed by atoms with Crippen LogP contribution in [0.15, 0.2) is 10.6 Å². The number of rotatable bonds is 6. The van der Waals surface area contributed by atoms with Crippen molar-refractivity contribution in [2.24, 2.45) is 5.92 Å². The number of ether oxygens (including phenoxy) is 1. The van der Waals surface area contributed by atoms with Gasteiger partial charge in [0.25, 0.3) is 5.88 Å². The molecule has 3 heteroatoms. The highest BCUT2D eigenvalue weighted by atomic mass is 16.5. The van der Waals surface area contributed by atoms with Crippen LogP contribution in [-0.2, 0) is 0 Å². The molecule has 0 bridgehead atoms. The van der Waals surface area contributed by atoms with Gasteiger partial charge in [-0.05, 0) is 23.9 Å². The van der Waals surface area contributed by atoms with Gasteiger partial charge in [0.15, 0.2) is 0 Å². The van der Waals surface area contributed by atoms with Crippen LogP contribution in [0, 0.1) is 5.92 Å². The van der Waals surface area contributed by atoms with E-state index in [2.05, 4.69) is 32.9 Å². The van der Waals surface area contributed by atoms with Gasteiger partial charge in [-0.25, -0.2) is 0 Å². The van der Waals surface area contributed by atoms with Crippen LogP contribution in [0.4, 0.5) is 0 Å². The molecular weight excluding hydrogens is 190 g/mol. The third-order valence-electron chi connectivity index (χ3n) is 2.25. The Morgan fingerprint density at radius 1 is 1.33 bits per heavy atom. The van der Waals surface area contributed by atoms with Crippen molar-refractivity contribution >= 4 is 0 Å². The van der Waals surface area contributed by atoms with E-state index in [-0.39, 0.29) is 0 Å². The minimum atomic E-state index is 0.366.